The van der Waals surface area contributed by atoms with E-state index in [9.17, 15) is 8.78 Å². The van der Waals surface area contributed by atoms with Crippen LogP contribution in [0.3, 0.4) is 0 Å². The summed E-state index contributed by atoms with van der Waals surface area (Å²) in [5, 5.41) is 3.15. The summed E-state index contributed by atoms with van der Waals surface area (Å²) in [5.74, 6) is -1.02. The molecule has 1 N–H and O–H groups in total. The number of hydrogen-bond donors (Lipinski definition) is 1. The van der Waals surface area contributed by atoms with Gasteiger partial charge in [0.1, 0.15) is 11.6 Å². The molecule has 2 aromatic rings. The predicted molar refractivity (Wildman–Crippen MR) is 79.8 cm³/mol. The van der Waals surface area contributed by atoms with Gasteiger partial charge < -0.3 is 5.32 Å². The Morgan fingerprint density at radius 2 is 1.65 bits per heavy atom. The highest BCUT2D eigenvalue weighted by Crippen LogP contribution is 2.20. The average Bonchev–Trinajstić information content (AvgIpc) is 2.46. The Morgan fingerprint density at radius 1 is 1.05 bits per heavy atom. The zero-order valence-electron chi connectivity index (χ0n) is 11.5. The number of hydrogen-bond acceptors (Lipinski definition) is 2. The fourth-order valence-electron chi connectivity index (χ4n) is 1.97. The van der Waals surface area contributed by atoms with Crippen molar-refractivity contribution in [3.05, 3.63) is 65.2 Å². The third-order valence-corrected chi connectivity index (χ3v) is 4.01. The van der Waals surface area contributed by atoms with Crippen LogP contribution in [0.4, 0.5) is 8.78 Å². The minimum atomic E-state index is -0.512. The lowest BCUT2D eigenvalue weighted by atomic mass is 10.1. The molecule has 0 aliphatic carbocycles. The van der Waals surface area contributed by atoms with E-state index in [0.29, 0.717) is 0 Å². The minimum absolute atomic E-state index is 0.0323. The van der Waals surface area contributed by atoms with Crippen molar-refractivity contribution in [2.45, 2.75) is 24.4 Å². The van der Waals surface area contributed by atoms with Gasteiger partial charge in [0.25, 0.3) is 0 Å². The quantitative estimate of drug-likeness (QED) is 0.812. The standard InChI is InChI=1S/C16H17F2NS/c1-11(12-6-8-13(20-2)9-7-12)19-10-14-15(17)4-3-5-16(14)18/h3-9,11,19H,10H2,1-2H3. The molecule has 2 rings (SSSR count). The highest BCUT2D eigenvalue weighted by atomic mass is 32.2. The lowest BCUT2D eigenvalue weighted by Crippen LogP contribution is -2.19. The molecule has 0 spiro atoms. The molecule has 1 unspecified atom stereocenters. The summed E-state index contributed by atoms with van der Waals surface area (Å²) in [6.45, 7) is 2.15. The molecule has 1 nitrogen and oxygen atoms in total. The van der Waals surface area contributed by atoms with Crippen LogP contribution in [-0.4, -0.2) is 6.26 Å². The van der Waals surface area contributed by atoms with Gasteiger partial charge in [-0.2, -0.15) is 0 Å². The van der Waals surface area contributed by atoms with Gasteiger partial charge in [-0.15, -0.1) is 11.8 Å². The molecule has 0 aromatic heterocycles. The fraction of sp³-hybridized carbons (Fsp3) is 0.250. The molecular weight excluding hydrogens is 276 g/mol. The van der Waals surface area contributed by atoms with Crippen LogP contribution in [0.5, 0.6) is 0 Å². The lowest BCUT2D eigenvalue weighted by Gasteiger charge is -2.15. The van der Waals surface area contributed by atoms with E-state index in [4.69, 9.17) is 0 Å². The monoisotopic (exact) mass is 293 g/mol. The highest BCUT2D eigenvalue weighted by molar-refractivity contribution is 7.98. The Balaban J connectivity index is 2.02. The van der Waals surface area contributed by atoms with Crippen molar-refractivity contribution < 1.29 is 8.78 Å². The van der Waals surface area contributed by atoms with E-state index >= 15 is 0 Å². The molecular formula is C16H17F2NS. The van der Waals surface area contributed by atoms with Crippen LogP contribution in [0.2, 0.25) is 0 Å². The maximum Gasteiger partial charge on any atom is 0.130 e. The van der Waals surface area contributed by atoms with Gasteiger partial charge in [-0.25, -0.2) is 8.78 Å². The van der Waals surface area contributed by atoms with Crippen LogP contribution in [-0.2, 0) is 6.54 Å². The van der Waals surface area contributed by atoms with Gasteiger partial charge in [0.15, 0.2) is 0 Å². The molecule has 2 aromatic carbocycles. The number of halogens is 2. The van der Waals surface area contributed by atoms with E-state index in [-0.39, 0.29) is 18.2 Å². The molecule has 1 atom stereocenters. The second-order valence-electron chi connectivity index (χ2n) is 4.58. The molecule has 0 fully saturated rings. The summed E-state index contributed by atoms with van der Waals surface area (Å²) >= 11 is 1.68. The molecule has 20 heavy (non-hydrogen) atoms. The van der Waals surface area contributed by atoms with Crippen LogP contribution >= 0.6 is 11.8 Å². The van der Waals surface area contributed by atoms with Crippen molar-refractivity contribution >= 4 is 11.8 Å². The molecule has 0 saturated carbocycles. The van der Waals surface area contributed by atoms with Crippen LogP contribution in [0.15, 0.2) is 47.4 Å². The Bertz CT molecular complexity index is 549. The third-order valence-electron chi connectivity index (χ3n) is 3.26. The summed E-state index contributed by atoms with van der Waals surface area (Å²) in [4.78, 5) is 1.20. The van der Waals surface area contributed by atoms with Crippen molar-refractivity contribution in [1.29, 1.82) is 0 Å². The first kappa shape index (κ1) is 15.0. The van der Waals surface area contributed by atoms with Crippen molar-refractivity contribution in [2.75, 3.05) is 6.26 Å². The first-order chi connectivity index (χ1) is 9.61. The molecule has 0 aliphatic rings. The largest absolute Gasteiger partial charge is 0.306 e. The SMILES string of the molecule is CSc1ccc(C(C)NCc2c(F)cccc2F)cc1. The first-order valence-corrected chi connectivity index (χ1v) is 7.64. The Kier molecular flexibility index (Phi) is 5.15. The van der Waals surface area contributed by atoms with Crippen molar-refractivity contribution in [3.8, 4) is 0 Å². The van der Waals surface area contributed by atoms with Crippen molar-refractivity contribution in [1.82, 2.24) is 5.32 Å². The van der Waals surface area contributed by atoms with Gasteiger partial charge in [0.05, 0.1) is 0 Å². The van der Waals surface area contributed by atoms with E-state index in [0.717, 1.165) is 5.56 Å². The molecule has 0 bridgehead atoms. The van der Waals surface area contributed by atoms with E-state index in [1.807, 2.05) is 37.4 Å². The minimum Gasteiger partial charge on any atom is -0.306 e. The lowest BCUT2D eigenvalue weighted by molar-refractivity contribution is 0.509. The molecule has 0 radical (unpaired) electrons. The summed E-state index contributed by atoms with van der Waals surface area (Å²) in [5.41, 5.74) is 1.18. The number of thioether (sulfide) groups is 1. The highest BCUT2D eigenvalue weighted by Gasteiger charge is 2.10. The van der Waals surface area contributed by atoms with Crippen molar-refractivity contribution in [3.63, 3.8) is 0 Å². The third kappa shape index (κ3) is 3.58. The molecule has 0 amide bonds. The Labute approximate surface area is 122 Å². The topological polar surface area (TPSA) is 12.0 Å². The smallest absolute Gasteiger partial charge is 0.130 e. The number of nitrogens with one attached hydrogen (secondary N) is 1. The van der Waals surface area contributed by atoms with Gasteiger partial charge in [-0.05, 0) is 43.0 Å². The molecule has 0 aliphatic heterocycles. The summed E-state index contributed by atoms with van der Waals surface area (Å²) < 4.78 is 27.0. The zero-order valence-corrected chi connectivity index (χ0v) is 12.3. The average molecular weight is 293 g/mol. The van der Waals surface area contributed by atoms with Crippen LogP contribution in [0, 0.1) is 11.6 Å². The predicted octanol–water partition coefficient (Wildman–Crippen LogP) is 4.54. The first-order valence-electron chi connectivity index (χ1n) is 6.42. The zero-order chi connectivity index (χ0) is 14.5. The van der Waals surface area contributed by atoms with Gasteiger partial charge in [0, 0.05) is 23.0 Å². The Morgan fingerprint density at radius 3 is 2.20 bits per heavy atom. The second-order valence-corrected chi connectivity index (χ2v) is 5.46. The summed E-state index contributed by atoms with van der Waals surface area (Å²) in [6, 6.07) is 12.1. The van der Waals surface area contributed by atoms with Crippen LogP contribution in [0.25, 0.3) is 0 Å². The normalized spacial score (nSPS) is 12.4. The van der Waals surface area contributed by atoms with Gasteiger partial charge in [-0.3, -0.25) is 0 Å². The number of rotatable bonds is 5. The van der Waals surface area contributed by atoms with Gasteiger partial charge in [-0.1, -0.05) is 18.2 Å². The van der Waals surface area contributed by atoms with E-state index in [1.54, 1.807) is 11.8 Å². The summed E-state index contributed by atoms with van der Waals surface area (Å²) in [7, 11) is 0. The molecule has 0 heterocycles. The maximum atomic E-state index is 13.5. The van der Waals surface area contributed by atoms with Gasteiger partial charge >= 0.3 is 0 Å². The van der Waals surface area contributed by atoms with Gasteiger partial charge in [0.2, 0.25) is 0 Å². The Hall–Kier alpha value is -1.39. The summed E-state index contributed by atoms with van der Waals surface area (Å²) in [6.07, 6.45) is 2.03. The fourth-order valence-corrected chi connectivity index (χ4v) is 2.38. The van der Waals surface area contributed by atoms with Crippen molar-refractivity contribution in [2.24, 2.45) is 0 Å². The molecule has 4 heteroatoms. The van der Waals surface area contributed by atoms with E-state index < -0.39 is 11.6 Å². The second kappa shape index (κ2) is 6.86. The van der Waals surface area contributed by atoms with Crippen LogP contribution < -0.4 is 5.32 Å². The van der Waals surface area contributed by atoms with E-state index in [1.165, 1.54) is 23.1 Å². The molecule has 0 saturated heterocycles. The van der Waals surface area contributed by atoms with E-state index in [2.05, 4.69) is 5.32 Å². The molecule has 106 valence electrons. The number of benzene rings is 2. The maximum absolute atomic E-state index is 13.5. The van der Waals surface area contributed by atoms with Crippen LogP contribution in [0.1, 0.15) is 24.1 Å².